The number of halogens is 2. The Morgan fingerprint density at radius 3 is 2.52 bits per heavy atom. The number of rotatable bonds is 11. The highest BCUT2D eigenvalue weighted by atomic mass is 19.2. The lowest BCUT2D eigenvalue weighted by molar-refractivity contribution is 0.108. The zero-order valence-corrected chi connectivity index (χ0v) is 13.1. The smallest absolute Gasteiger partial charge is 0.163 e. The molecule has 0 bridgehead atoms. The highest BCUT2D eigenvalue weighted by molar-refractivity contribution is 5.22. The van der Waals surface area contributed by atoms with Crippen LogP contribution in [0.1, 0.15) is 57.1 Å². The Balaban J connectivity index is 2.27. The van der Waals surface area contributed by atoms with Crippen molar-refractivity contribution in [3.63, 3.8) is 0 Å². The molecule has 0 fully saturated rings. The van der Waals surface area contributed by atoms with E-state index in [-0.39, 0.29) is 6.04 Å². The van der Waals surface area contributed by atoms with E-state index in [4.69, 9.17) is 4.74 Å². The molecule has 0 spiro atoms. The molecule has 0 aliphatic rings. The Bertz CT molecular complexity index is 398. The fourth-order valence-electron chi connectivity index (χ4n) is 2.30. The van der Waals surface area contributed by atoms with Gasteiger partial charge in [-0.05, 0) is 19.5 Å². The third-order valence-corrected chi connectivity index (χ3v) is 3.63. The lowest BCUT2D eigenvalue weighted by atomic mass is 10.1. The molecule has 0 aliphatic heterocycles. The molecule has 0 aliphatic carbocycles. The largest absolute Gasteiger partial charge is 0.379 e. The van der Waals surface area contributed by atoms with Crippen LogP contribution in [-0.2, 0) is 4.74 Å². The van der Waals surface area contributed by atoms with E-state index in [0.29, 0.717) is 18.8 Å². The van der Waals surface area contributed by atoms with Crippen LogP contribution < -0.4 is 5.32 Å². The standard InChI is InChI=1S/C17H27F2NO/c1-3-4-5-6-7-8-12-21-13-16(20-2)14-10-9-11-15(18)17(14)19/h9-11,16,20H,3-8,12-13H2,1-2H3. The van der Waals surface area contributed by atoms with E-state index < -0.39 is 11.6 Å². The number of ether oxygens (including phenoxy) is 1. The Labute approximate surface area is 126 Å². The minimum atomic E-state index is -0.816. The van der Waals surface area contributed by atoms with Crippen molar-refractivity contribution in [3.05, 3.63) is 35.4 Å². The van der Waals surface area contributed by atoms with Gasteiger partial charge in [0.1, 0.15) is 0 Å². The van der Waals surface area contributed by atoms with Crippen LogP contribution in [-0.4, -0.2) is 20.3 Å². The molecule has 1 N–H and O–H groups in total. The van der Waals surface area contributed by atoms with Gasteiger partial charge < -0.3 is 10.1 Å². The molecule has 4 heteroatoms. The summed E-state index contributed by atoms with van der Waals surface area (Å²) in [6, 6.07) is 3.92. The number of benzene rings is 1. The maximum absolute atomic E-state index is 13.7. The van der Waals surface area contributed by atoms with Gasteiger partial charge in [-0.1, -0.05) is 51.2 Å². The molecule has 1 atom stereocenters. The first kappa shape index (κ1) is 18.1. The van der Waals surface area contributed by atoms with Gasteiger partial charge in [0.15, 0.2) is 11.6 Å². The number of nitrogens with one attached hydrogen (secondary N) is 1. The van der Waals surface area contributed by atoms with E-state index in [1.165, 1.54) is 38.2 Å². The van der Waals surface area contributed by atoms with Crippen LogP contribution in [0.15, 0.2) is 18.2 Å². The van der Waals surface area contributed by atoms with Gasteiger partial charge in [0.05, 0.1) is 12.6 Å². The first-order chi connectivity index (χ1) is 10.2. The predicted molar refractivity (Wildman–Crippen MR) is 82.4 cm³/mol. The highest BCUT2D eigenvalue weighted by Crippen LogP contribution is 2.19. The van der Waals surface area contributed by atoms with Gasteiger partial charge >= 0.3 is 0 Å². The van der Waals surface area contributed by atoms with Crippen LogP contribution in [0.5, 0.6) is 0 Å². The molecule has 0 heterocycles. The van der Waals surface area contributed by atoms with Crippen LogP contribution in [0.25, 0.3) is 0 Å². The first-order valence-electron chi connectivity index (χ1n) is 7.89. The summed E-state index contributed by atoms with van der Waals surface area (Å²) in [5.74, 6) is -1.61. The van der Waals surface area contributed by atoms with Crippen LogP contribution >= 0.6 is 0 Å². The normalized spacial score (nSPS) is 12.6. The Morgan fingerprint density at radius 2 is 1.81 bits per heavy atom. The van der Waals surface area contributed by atoms with Crippen molar-refractivity contribution < 1.29 is 13.5 Å². The average molecular weight is 299 g/mol. The molecule has 1 unspecified atom stereocenters. The van der Waals surface area contributed by atoms with Gasteiger partial charge in [0.25, 0.3) is 0 Å². The summed E-state index contributed by atoms with van der Waals surface area (Å²) in [5, 5.41) is 2.97. The van der Waals surface area contributed by atoms with Crippen LogP contribution in [0.4, 0.5) is 8.78 Å². The minimum Gasteiger partial charge on any atom is -0.379 e. The third-order valence-electron chi connectivity index (χ3n) is 3.63. The molecule has 1 aromatic rings. The molecule has 0 saturated carbocycles. The Morgan fingerprint density at radius 1 is 1.10 bits per heavy atom. The van der Waals surface area contributed by atoms with Crippen LogP contribution in [0.2, 0.25) is 0 Å². The van der Waals surface area contributed by atoms with Gasteiger partial charge in [-0.3, -0.25) is 0 Å². The second-order valence-electron chi connectivity index (χ2n) is 5.33. The molecule has 0 aromatic heterocycles. The van der Waals surface area contributed by atoms with E-state index in [1.807, 2.05) is 0 Å². The van der Waals surface area contributed by atoms with Crippen molar-refractivity contribution in [1.82, 2.24) is 5.32 Å². The maximum Gasteiger partial charge on any atom is 0.163 e. The topological polar surface area (TPSA) is 21.3 Å². The molecular formula is C17H27F2NO. The summed E-state index contributed by atoms with van der Waals surface area (Å²) in [6.07, 6.45) is 7.25. The summed E-state index contributed by atoms with van der Waals surface area (Å²) >= 11 is 0. The van der Waals surface area contributed by atoms with Crippen molar-refractivity contribution in [2.45, 2.75) is 51.5 Å². The monoisotopic (exact) mass is 299 g/mol. The van der Waals surface area contributed by atoms with Gasteiger partial charge in [0.2, 0.25) is 0 Å². The molecule has 120 valence electrons. The minimum absolute atomic E-state index is 0.319. The fourth-order valence-corrected chi connectivity index (χ4v) is 2.30. The van der Waals surface area contributed by atoms with Crippen molar-refractivity contribution in [2.75, 3.05) is 20.3 Å². The second kappa shape index (κ2) is 10.7. The van der Waals surface area contributed by atoms with Crippen molar-refractivity contribution >= 4 is 0 Å². The van der Waals surface area contributed by atoms with E-state index in [0.717, 1.165) is 12.5 Å². The summed E-state index contributed by atoms with van der Waals surface area (Å²) in [6.45, 7) is 3.22. The van der Waals surface area contributed by atoms with Crippen molar-refractivity contribution in [3.8, 4) is 0 Å². The molecule has 2 nitrogen and oxygen atoms in total. The summed E-state index contributed by atoms with van der Waals surface area (Å²) in [7, 11) is 1.73. The molecular weight excluding hydrogens is 272 g/mol. The SMILES string of the molecule is CCCCCCCCOCC(NC)c1cccc(F)c1F. The highest BCUT2D eigenvalue weighted by Gasteiger charge is 2.16. The second-order valence-corrected chi connectivity index (χ2v) is 5.33. The Hall–Kier alpha value is -1.00. The molecule has 21 heavy (non-hydrogen) atoms. The lowest BCUT2D eigenvalue weighted by Gasteiger charge is -2.17. The molecule has 0 radical (unpaired) electrons. The average Bonchev–Trinajstić information content (AvgIpc) is 2.49. The summed E-state index contributed by atoms with van der Waals surface area (Å²) in [4.78, 5) is 0. The molecule has 0 saturated heterocycles. The van der Waals surface area contributed by atoms with Crippen LogP contribution in [0.3, 0.4) is 0 Å². The number of unbranched alkanes of at least 4 members (excludes halogenated alkanes) is 5. The quantitative estimate of drug-likeness (QED) is 0.603. The maximum atomic E-state index is 13.7. The third kappa shape index (κ3) is 6.53. The van der Waals surface area contributed by atoms with Crippen molar-refractivity contribution in [1.29, 1.82) is 0 Å². The van der Waals surface area contributed by atoms with Gasteiger partial charge in [-0.2, -0.15) is 0 Å². The van der Waals surface area contributed by atoms with E-state index in [9.17, 15) is 8.78 Å². The molecule has 1 aromatic carbocycles. The Kier molecular flexibility index (Phi) is 9.19. The molecule has 0 amide bonds. The number of hydrogen-bond acceptors (Lipinski definition) is 2. The predicted octanol–water partition coefficient (Wildman–Crippen LogP) is 4.60. The van der Waals surface area contributed by atoms with Gasteiger partial charge in [-0.15, -0.1) is 0 Å². The van der Waals surface area contributed by atoms with Gasteiger partial charge in [0, 0.05) is 12.2 Å². The van der Waals surface area contributed by atoms with Gasteiger partial charge in [-0.25, -0.2) is 8.78 Å². The van der Waals surface area contributed by atoms with E-state index in [1.54, 1.807) is 13.1 Å². The number of hydrogen-bond donors (Lipinski definition) is 1. The zero-order valence-electron chi connectivity index (χ0n) is 13.1. The summed E-state index contributed by atoms with van der Waals surface area (Å²) in [5.41, 5.74) is 0.320. The fraction of sp³-hybridized carbons (Fsp3) is 0.647. The summed E-state index contributed by atoms with van der Waals surface area (Å²) < 4.78 is 32.5. The van der Waals surface area contributed by atoms with E-state index >= 15 is 0 Å². The van der Waals surface area contributed by atoms with Crippen LogP contribution in [0, 0.1) is 11.6 Å². The van der Waals surface area contributed by atoms with E-state index in [2.05, 4.69) is 12.2 Å². The van der Waals surface area contributed by atoms with Crippen molar-refractivity contribution in [2.24, 2.45) is 0 Å². The number of likely N-dealkylation sites (N-methyl/N-ethyl adjacent to an activating group) is 1. The first-order valence-corrected chi connectivity index (χ1v) is 7.89. The molecule has 1 rings (SSSR count). The lowest BCUT2D eigenvalue weighted by Crippen LogP contribution is -2.23. The zero-order chi connectivity index (χ0) is 15.5.